The second-order valence-corrected chi connectivity index (χ2v) is 6.26. The third-order valence-corrected chi connectivity index (χ3v) is 4.07. The van der Waals surface area contributed by atoms with Gasteiger partial charge in [-0.1, -0.05) is 18.2 Å². The van der Waals surface area contributed by atoms with Gasteiger partial charge in [-0.05, 0) is 25.6 Å². The summed E-state index contributed by atoms with van der Waals surface area (Å²) in [6, 6.07) is 4.55. The second kappa shape index (κ2) is 6.55. The van der Waals surface area contributed by atoms with Gasteiger partial charge in [-0.15, -0.1) is 0 Å². The van der Waals surface area contributed by atoms with Crippen LogP contribution in [-0.4, -0.2) is 28.1 Å². The first-order valence-electron chi connectivity index (χ1n) is 5.95. The van der Waals surface area contributed by atoms with Gasteiger partial charge in [0, 0.05) is 12.6 Å². The van der Waals surface area contributed by atoms with E-state index >= 15 is 0 Å². The molecule has 8 heteroatoms. The molecule has 0 radical (unpaired) electrons. The number of halogens is 3. The molecule has 20 heavy (non-hydrogen) atoms. The molecule has 0 aliphatic carbocycles. The van der Waals surface area contributed by atoms with Crippen molar-refractivity contribution < 1.29 is 21.6 Å². The van der Waals surface area contributed by atoms with Gasteiger partial charge in [-0.2, -0.15) is 13.2 Å². The Bertz CT molecular complexity index is 544. The van der Waals surface area contributed by atoms with Gasteiger partial charge >= 0.3 is 6.18 Å². The summed E-state index contributed by atoms with van der Waals surface area (Å²) < 4.78 is 64.2. The van der Waals surface area contributed by atoms with Crippen LogP contribution in [0.1, 0.15) is 18.1 Å². The number of hydrogen-bond donors (Lipinski definition) is 2. The summed E-state index contributed by atoms with van der Waals surface area (Å²) in [5, 5.41) is 2.83. The number of benzene rings is 1. The molecule has 0 aliphatic heterocycles. The molecule has 0 fully saturated rings. The maximum atomic E-state index is 12.8. The SMILES string of the molecule is CNC(C)CNS(=O)(=O)Cc1ccccc1C(F)(F)F. The molecular formula is C12H17F3N2O2S. The van der Waals surface area contributed by atoms with Gasteiger partial charge in [-0.25, -0.2) is 13.1 Å². The average molecular weight is 310 g/mol. The van der Waals surface area contributed by atoms with E-state index < -0.39 is 27.5 Å². The molecule has 2 N–H and O–H groups in total. The molecule has 0 saturated heterocycles. The van der Waals surface area contributed by atoms with E-state index in [1.54, 1.807) is 14.0 Å². The molecule has 0 heterocycles. The summed E-state index contributed by atoms with van der Waals surface area (Å²) in [5.41, 5.74) is -1.18. The van der Waals surface area contributed by atoms with Gasteiger partial charge in [0.1, 0.15) is 0 Å². The molecule has 1 atom stereocenters. The smallest absolute Gasteiger partial charge is 0.316 e. The largest absolute Gasteiger partial charge is 0.416 e. The molecule has 1 aromatic rings. The van der Waals surface area contributed by atoms with E-state index in [4.69, 9.17) is 0 Å². The van der Waals surface area contributed by atoms with Crippen LogP contribution in [0.5, 0.6) is 0 Å². The van der Waals surface area contributed by atoms with Crippen LogP contribution in [0.4, 0.5) is 13.2 Å². The molecule has 0 aliphatic rings. The highest BCUT2D eigenvalue weighted by molar-refractivity contribution is 7.88. The Balaban J connectivity index is 2.88. The summed E-state index contributed by atoms with van der Waals surface area (Å²) >= 11 is 0. The van der Waals surface area contributed by atoms with E-state index in [0.29, 0.717) is 0 Å². The standard InChI is InChI=1S/C12H17F3N2O2S/c1-9(16-2)7-17-20(18,19)8-10-5-3-4-6-11(10)12(13,14)15/h3-6,9,16-17H,7-8H2,1-2H3. The Kier molecular flexibility index (Phi) is 5.55. The molecule has 4 nitrogen and oxygen atoms in total. The van der Waals surface area contributed by atoms with Crippen LogP contribution >= 0.6 is 0 Å². The minimum atomic E-state index is -4.57. The lowest BCUT2D eigenvalue weighted by Gasteiger charge is -2.15. The van der Waals surface area contributed by atoms with Crippen molar-refractivity contribution in [2.45, 2.75) is 24.9 Å². The Morgan fingerprint density at radius 2 is 1.85 bits per heavy atom. The third-order valence-electron chi connectivity index (χ3n) is 2.77. The molecule has 1 unspecified atom stereocenters. The fourth-order valence-electron chi connectivity index (χ4n) is 1.53. The number of hydrogen-bond acceptors (Lipinski definition) is 3. The van der Waals surface area contributed by atoms with Crippen molar-refractivity contribution in [3.8, 4) is 0 Å². The van der Waals surface area contributed by atoms with Crippen molar-refractivity contribution in [2.75, 3.05) is 13.6 Å². The van der Waals surface area contributed by atoms with Crippen molar-refractivity contribution in [3.63, 3.8) is 0 Å². The molecule has 0 amide bonds. The van der Waals surface area contributed by atoms with Crippen LogP contribution in [-0.2, 0) is 22.0 Å². The Morgan fingerprint density at radius 1 is 1.25 bits per heavy atom. The molecule has 0 bridgehead atoms. The topological polar surface area (TPSA) is 58.2 Å². The average Bonchev–Trinajstić information content (AvgIpc) is 2.35. The van der Waals surface area contributed by atoms with Crippen molar-refractivity contribution in [3.05, 3.63) is 35.4 Å². The van der Waals surface area contributed by atoms with Crippen molar-refractivity contribution in [1.29, 1.82) is 0 Å². The lowest BCUT2D eigenvalue weighted by Crippen LogP contribution is -2.37. The number of rotatable bonds is 6. The van der Waals surface area contributed by atoms with Gasteiger partial charge in [0.05, 0.1) is 11.3 Å². The fourth-order valence-corrected chi connectivity index (χ4v) is 2.80. The first kappa shape index (κ1) is 16.9. The van der Waals surface area contributed by atoms with E-state index in [1.165, 1.54) is 18.2 Å². The minimum absolute atomic E-state index is 0.109. The van der Waals surface area contributed by atoms with Crippen LogP contribution < -0.4 is 10.0 Å². The highest BCUT2D eigenvalue weighted by atomic mass is 32.2. The quantitative estimate of drug-likeness (QED) is 0.841. The summed E-state index contributed by atoms with van der Waals surface area (Å²) in [7, 11) is -2.15. The maximum Gasteiger partial charge on any atom is 0.416 e. The fraction of sp³-hybridized carbons (Fsp3) is 0.500. The maximum absolute atomic E-state index is 12.8. The van der Waals surface area contributed by atoms with E-state index in [0.717, 1.165) is 6.07 Å². The Morgan fingerprint density at radius 3 is 2.40 bits per heavy atom. The molecule has 1 aromatic carbocycles. The number of likely N-dealkylation sites (N-methyl/N-ethyl adjacent to an activating group) is 1. The van der Waals surface area contributed by atoms with Crippen LogP contribution in [0.15, 0.2) is 24.3 Å². The minimum Gasteiger partial charge on any atom is -0.316 e. The molecule has 0 spiro atoms. The summed E-state index contributed by atoms with van der Waals surface area (Å²) in [6.07, 6.45) is -4.57. The van der Waals surface area contributed by atoms with Crippen LogP contribution in [0.3, 0.4) is 0 Å². The second-order valence-electron chi connectivity index (χ2n) is 4.45. The number of sulfonamides is 1. The Labute approximate surface area is 116 Å². The zero-order valence-electron chi connectivity index (χ0n) is 11.2. The van der Waals surface area contributed by atoms with Gasteiger partial charge in [0.15, 0.2) is 0 Å². The zero-order chi connectivity index (χ0) is 15.4. The van der Waals surface area contributed by atoms with E-state index in [1.807, 2.05) is 0 Å². The van der Waals surface area contributed by atoms with Crippen LogP contribution in [0.2, 0.25) is 0 Å². The predicted molar refractivity (Wildman–Crippen MR) is 70.6 cm³/mol. The Hall–Kier alpha value is -1.12. The molecule has 0 aromatic heterocycles. The summed E-state index contributed by atoms with van der Waals surface area (Å²) in [4.78, 5) is 0. The number of nitrogens with one attached hydrogen (secondary N) is 2. The van der Waals surface area contributed by atoms with Crippen molar-refractivity contribution in [1.82, 2.24) is 10.0 Å². The predicted octanol–water partition coefficient (Wildman–Crippen LogP) is 1.73. The van der Waals surface area contributed by atoms with E-state index in [2.05, 4.69) is 10.0 Å². The monoisotopic (exact) mass is 310 g/mol. The highest BCUT2D eigenvalue weighted by Gasteiger charge is 2.33. The van der Waals surface area contributed by atoms with Crippen LogP contribution in [0.25, 0.3) is 0 Å². The normalized spacial score (nSPS) is 14.2. The van der Waals surface area contributed by atoms with E-state index in [9.17, 15) is 21.6 Å². The molecule has 114 valence electrons. The lowest BCUT2D eigenvalue weighted by molar-refractivity contribution is -0.138. The van der Waals surface area contributed by atoms with Gasteiger partial charge in [0.2, 0.25) is 10.0 Å². The van der Waals surface area contributed by atoms with E-state index in [-0.39, 0.29) is 18.2 Å². The molecule has 1 rings (SSSR count). The first-order valence-corrected chi connectivity index (χ1v) is 7.60. The van der Waals surface area contributed by atoms with Gasteiger partial charge in [0.25, 0.3) is 0 Å². The third kappa shape index (κ3) is 5.10. The van der Waals surface area contributed by atoms with Gasteiger partial charge in [-0.3, -0.25) is 0 Å². The van der Waals surface area contributed by atoms with Crippen molar-refractivity contribution >= 4 is 10.0 Å². The lowest BCUT2D eigenvalue weighted by atomic mass is 10.1. The van der Waals surface area contributed by atoms with Crippen molar-refractivity contribution in [2.24, 2.45) is 0 Å². The van der Waals surface area contributed by atoms with Crippen LogP contribution in [0, 0.1) is 0 Å². The summed E-state index contributed by atoms with van der Waals surface area (Å²) in [5.74, 6) is -0.695. The van der Waals surface area contributed by atoms with Gasteiger partial charge < -0.3 is 5.32 Å². The first-order chi connectivity index (χ1) is 9.15. The highest BCUT2D eigenvalue weighted by Crippen LogP contribution is 2.32. The zero-order valence-corrected chi connectivity index (χ0v) is 12.0. The number of alkyl halides is 3. The molecule has 0 saturated carbocycles. The molecular weight excluding hydrogens is 293 g/mol. The summed E-state index contributed by atoms with van der Waals surface area (Å²) in [6.45, 7) is 1.87.